The molecule has 1 aromatic heterocycles. The molecule has 2 heteroatoms. The van der Waals surface area contributed by atoms with Crippen molar-refractivity contribution in [3.8, 4) is 67.0 Å². The average molecular weight is 742 g/mol. The molecule has 2 nitrogen and oxygen atoms in total. The first-order valence-electron chi connectivity index (χ1n) is 19.7. The Morgan fingerprint density at radius 1 is 0.259 bits per heavy atom. The Hall–Kier alpha value is -7.68. The molecule has 58 heavy (non-hydrogen) atoms. The number of para-hydroxylation sites is 1. The standard InChI is InChI=1S/C56H39NO/c1-4-14-40(15-5-1)42-26-32-50(33-27-42)57(51-34-28-43(29-35-51)47-21-12-20-46(38-47)41-16-6-2-7-17-41)52-36-30-44(31-37-52)48-22-13-23-49(39-48)56-55(45-18-8-3-9-19-45)53-24-10-11-25-54(53)58-56/h1-39H. The lowest BCUT2D eigenvalue weighted by Gasteiger charge is -2.26. The molecule has 274 valence electrons. The van der Waals surface area contributed by atoms with Crippen molar-refractivity contribution in [1.29, 1.82) is 0 Å². The van der Waals surface area contributed by atoms with Gasteiger partial charge in [0.15, 0.2) is 0 Å². The number of anilines is 3. The van der Waals surface area contributed by atoms with E-state index in [1.165, 1.54) is 33.4 Å². The molecule has 0 bridgehead atoms. The average Bonchev–Trinajstić information content (AvgIpc) is 3.71. The van der Waals surface area contributed by atoms with Gasteiger partial charge in [-0.15, -0.1) is 0 Å². The lowest BCUT2D eigenvalue weighted by atomic mass is 9.96. The minimum Gasteiger partial charge on any atom is -0.455 e. The highest BCUT2D eigenvalue weighted by Crippen LogP contribution is 2.42. The molecular formula is C56H39NO. The lowest BCUT2D eigenvalue weighted by Crippen LogP contribution is -2.09. The Bertz CT molecular complexity index is 2950. The first-order valence-corrected chi connectivity index (χ1v) is 19.7. The molecule has 0 spiro atoms. The maximum absolute atomic E-state index is 6.57. The number of benzene rings is 9. The summed E-state index contributed by atoms with van der Waals surface area (Å²) in [5, 5.41) is 1.11. The van der Waals surface area contributed by atoms with E-state index < -0.39 is 0 Å². The summed E-state index contributed by atoms with van der Waals surface area (Å²) >= 11 is 0. The van der Waals surface area contributed by atoms with E-state index in [9.17, 15) is 0 Å². The smallest absolute Gasteiger partial charge is 0.143 e. The molecule has 0 unspecified atom stereocenters. The van der Waals surface area contributed by atoms with Gasteiger partial charge >= 0.3 is 0 Å². The Morgan fingerprint density at radius 2 is 0.603 bits per heavy atom. The van der Waals surface area contributed by atoms with Gasteiger partial charge in [0.05, 0.1) is 0 Å². The van der Waals surface area contributed by atoms with Crippen molar-refractivity contribution < 1.29 is 4.42 Å². The van der Waals surface area contributed by atoms with Crippen molar-refractivity contribution in [2.45, 2.75) is 0 Å². The third-order valence-corrected chi connectivity index (χ3v) is 10.9. The summed E-state index contributed by atoms with van der Waals surface area (Å²) in [5.74, 6) is 0.881. The van der Waals surface area contributed by atoms with E-state index in [1.807, 2.05) is 12.1 Å². The SMILES string of the molecule is c1ccc(-c2ccc(N(c3ccc(-c4cccc(-c5ccccc5)c4)cc3)c3ccc(-c4cccc(-c5oc6ccccc6c5-c5ccccc5)c4)cc3)cc2)cc1. The van der Waals surface area contributed by atoms with Crippen LogP contribution < -0.4 is 4.90 Å². The number of furan rings is 1. The molecular weight excluding hydrogens is 703 g/mol. The van der Waals surface area contributed by atoms with E-state index in [4.69, 9.17) is 4.42 Å². The highest BCUT2D eigenvalue weighted by Gasteiger charge is 2.19. The maximum Gasteiger partial charge on any atom is 0.143 e. The largest absolute Gasteiger partial charge is 0.455 e. The van der Waals surface area contributed by atoms with Crippen LogP contribution in [0.25, 0.3) is 77.9 Å². The molecule has 0 amide bonds. The molecule has 0 radical (unpaired) electrons. The van der Waals surface area contributed by atoms with Crippen LogP contribution in [0.5, 0.6) is 0 Å². The van der Waals surface area contributed by atoms with Gasteiger partial charge in [-0.05, 0) is 105 Å². The van der Waals surface area contributed by atoms with E-state index in [-0.39, 0.29) is 0 Å². The monoisotopic (exact) mass is 741 g/mol. The predicted molar refractivity (Wildman–Crippen MR) is 244 cm³/mol. The molecule has 0 saturated heterocycles. The van der Waals surface area contributed by atoms with Crippen molar-refractivity contribution >= 4 is 28.0 Å². The normalized spacial score (nSPS) is 11.1. The fourth-order valence-electron chi connectivity index (χ4n) is 7.98. The van der Waals surface area contributed by atoms with Crippen LogP contribution in [0.1, 0.15) is 0 Å². The van der Waals surface area contributed by atoms with Crippen molar-refractivity contribution in [3.63, 3.8) is 0 Å². The van der Waals surface area contributed by atoms with Gasteiger partial charge in [-0.2, -0.15) is 0 Å². The zero-order valence-electron chi connectivity index (χ0n) is 31.9. The van der Waals surface area contributed by atoms with Crippen LogP contribution in [0.2, 0.25) is 0 Å². The first kappa shape index (κ1) is 34.8. The second-order valence-electron chi connectivity index (χ2n) is 14.5. The van der Waals surface area contributed by atoms with Gasteiger partial charge in [-0.3, -0.25) is 0 Å². The van der Waals surface area contributed by atoms with E-state index in [1.54, 1.807) is 0 Å². The van der Waals surface area contributed by atoms with E-state index in [0.717, 1.165) is 61.6 Å². The highest BCUT2D eigenvalue weighted by atomic mass is 16.3. The van der Waals surface area contributed by atoms with E-state index in [2.05, 4.69) is 229 Å². The zero-order valence-corrected chi connectivity index (χ0v) is 31.9. The zero-order chi connectivity index (χ0) is 38.7. The number of rotatable bonds is 9. The number of hydrogen-bond acceptors (Lipinski definition) is 2. The van der Waals surface area contributed by atoms with Crippen molar-refractivity contribution in [2.75, 3.05) is 4.90 Å². The Labute approximate surface area is 339 Å². The van der Waals surface area contributed by atoms with Crippen LogP contribution in [0.4, 0.5) is 17.1 Å². The third-order valence-electron chi connectivity index (χ3n) is 10.9. The fraction of sp³-hybridized carbons (Fsp3) is 0. The topological polar surface area (TPSA) is 16.4 Å². The van der Waals surface area contributed by atoms with E-state index in [0.29, 0.717) is 0 Å². The van der Waals surface area contributed by atoms with Gasteiger partial charge in [-0.25, -0.2) is 0 Å². The fourth-order valence-corrected chi connectivity index (χ4v) is 7.98. The summed E-state index contributed by atoms with van der Waals surface area (Å²) in [4.78, 5) is 2.33. The molecule has 10 rings (SSSR count). The summed E-state index contributed by atoms with van der Waals surface area (Å²) in [7, 11) is 0. The van der Waals surface area contributed by atoms with Gasteiger partial charge in [-0.1, -0.05) is 182 Å². The first-order chi connectivity index (χ1) is 28.7. The van der Waals surface area contributed by atoms with Crippen LogP contribution in [-0.4, -0.2) is 0 Å². The van der Waals surface area contributed by atoms with E-state index >= 15 is 0 Å². The molecule has 10 aromatic rings. The second-order valence-corrected chi connectivity index (χ2v) is 14.5. The molecule has 0 saturated carbocycles. The summed E-state index contributed by atoms with van der Waals surface area (Å²) < 4.78 is 6.57. The molecule has 1 heterocycles. The molecule has 0 N–H and O–H groups in total. The van der Waals surface area contributed by atoms with Crippen LogP contribution in [0, 0.1) is 0 Å². The number of hydrogen-bond donors (Lipinski definition) is 0. The van der Waals surface area contributed by atoms with Crippen LogP contribution in [0.15, 0.2) is 241 Å². The number of fused-ring (bicyclic) bond motifs is 1. The van der Waals surface area contributed by atoms with Gasteiger partial charge in [0.25, 0.3) is 0 Å². The Kier molecular flexibility index (Phi) is 9.27. The summed E-state index contributed by atoms with van der Waals surface area (Å²) in [6.45, 7) is 0. The summed E-state index contributed by atoms with van der Waals surface area (Å²) in [5.41, 5.74) is 16.9. The molecule has 0 aliphatic rings. The molecule has 9 aromatic carbocycles. The van der Waals surface area contributed by atoms with Gasteiger partial charge in [0.2, 0.25) is 0 Å². The van der Waals surface area contributed by atoms with Gasteiger partial charge < -0.3 is 9.32 Å². The predicted octanol–water partition coefficient (Wildman–Crippen LogP) is 15.9. The lowest BCUT2D eigenvalue weighted by molar-refractivity contribution is 0.632. The quantitative estimate of drug-likeness (QED) is 0.146. The van der Waals surface area contributed by atoms with Gasteiger partial charge in [0.1, 0.15) is 11.3 Å². The maximum atomic E-state index is 6.57. The van der Waals surface area contributed by atoms with Crippen LogP contribution in [-0.2, 0) is 0 Å². The molecule has 0 aliphatic carbocycles. The molecule has 0 aliphatic heterocycles. The van der Waals surface area contributed by atoms with Crippen molar-refractivity contribution in [2.24, 2.45) is 0 Å². The third kappa shape index (κ3) is 6.89. The van der Waals surface area contributed by atoms with Gasteiger partial charge in [0, 0.05) is 33.6 Å². The minimum atomic E-state index is 0.881. The number of nitrogens with zero attached hydrogens (tertiary/aromatic N) is 1. The summed E-state index contributed by atoms with van der Waals surface area (Å²) in [6.07, 6.45) is 0. The second kappa shape index (κ2) is 15.5. The van der Waals surface area contributed by atoms with Crippen molar-refractivity contribution in [3.05, 3.63) is 237 Å². The highest BCUT2D eigenvalue weighted by molar-refractivity contribution is 6.02. The Balaban J connectivity index is 1.00. The van der Waals surface area contributed by atoms with Crippen LogP contribution in [0.3, 0.4) is 0 Å². The molecule has 0 fully saturated rings. The summed E-state index contributed by atoms with van der Waals surface area (Å²) in [6, 6.07) is 84.0. The van der Waals surface area contributed by atoms with Crippen molar-refractivity contribution in [1.82, 2.24) is 0 Å². The minimum absolute atomic E-state index is 0.881. The Morgan fingerprint density at radius 3 is 1.10 bits per heavy atom. The van der Waals surface area contributed by atoms with Crippen LogP contribution >= 0.6 is 0 Å². The molecule has 0 atom stereocenters.